The lowest BCUT2D eigenvalue weighted by Gasteiger charge is -2.25. The van der Waals surface area contributed by atoms with Crippen LogP contribution in [0.15, 0.2) is 41.2 Å². The van der Waals surface area contributed by atoms with Crippen LogP contribution in [0, 0.1) is 0 Å². The van der Waals surface area contributed by atoms with E-state index in [1.54, 1.807) is 45.0 Å². The molecule has 1 heterocycles. The quantitative estimate of drug-likeness (QED) is 0.359. The standard InChI is InChI=1S/C24H31ClN4O6S/c1-23(2,3)28-36(34,35)24(10-11-24)15-27-21(32)19-9-8-18(22(33)29(19)12-13-30)20(31)26-14-16-4-6-17(25)7-5-16/h4-9,28,30H,10-15H2,1-3H3,(H,26,31)(H,27,32). The highest BCUT2D eigenvalue weighted by molar-refractivity contribution is 7.91. The molecule has 12 heteroatoms. The number of amides is 2. The van der Waals surface area contributed by atoms with Crippen LogP contribution in [0.25, 0.3) is 0 Å². The predicted octanol–water partition coefficient (Wildman–Crippen LogP) is 1.40. The van der Waals surface area contributed by atoms with Crippen LogP contribution in [-0.4, -0.2) is 53.3 Å². The zero-order valence-electron chi connectivity index (χ0n) is 20.4. The number of aromatic nitrogens is 1. The van der Waals surface area contributed by atoms with E-state index in [9.17, 15) is 27.9 Å². The molecule has 0 atom stereocenters. The van der Waals surface area contributed by atoms with Crippen molar-refractivity contribution in [3.63, 3.8) is 0 Å². The Morgan fingerprint density at radius 3 is 2.25 bits per heavy atom. The van der Waals surface area contributed by atoms with E-state index >= 15 is 0 Å². The Kier molecular flexibility index (Phi) is 8.29. The molecule has 196 valence electrons. The topological polar surface area (TPSA) is 147 Å². The molecule has 4 N–H and O–H groups in total. The number of rotatable bonds is 10. The van der Waals surface area contributed by atoms with Gasteiger partial charge in [-0.05, 0) is 63.4 Å². The average molecular weight is 539 g/mol. The van der Waals surface area contributed by atoms with E-state index < -0.39 is 44.3 Å². The number of nitrogens with zero attached hydrogens (tertiary/aromatic N) is 1. The van der Waals surface area contributed by atoms with Gasteiger partial charge in [0.25, 0.3) is 17.4 Å². The van der Waals surface area contributed by atoms with Crippen molar-refractivity contribution in [2.75, 3.05) is 13.2 Å². The number of aliphatic hydroxyl groups is 1. The molecule has 0 spiro atoms. The summed E-state index contributed by atoms with van der Waals surface area (Å²) in [7, 11) is -3.70. The lowest BCUT2D eigenvalue weighted by Crippen LogP contribution is -2.50. The number of nitrogens with one attached hydrogen (secondary N) is 3. The number of benzene rings is 1. The molecule has 0 radical (unpaired) electrons. The molecule has 2 amide bonds. The van der Waals surface area contributed by atoms with E-state index in [2.05, 4.69) is 15.4 Å². The van der Waals surface area contributed by atoms with Gasteiger partial charge in [0.1, 0.15) is 16.0 Å². The minimum atomic E-state index is -3.70. The van der Waals surface area contributed by atoms with E-state index in [4.69, 9.17) is 11.6 Å². The van der Waals surface area contributed by atoms with Gasteiger partial charge in [-0.1, -0.05) is 23.7 Å². The van der Waals surface area contributed by atoms with Crippen LogP contribution in [0.1, 0.15) is 60.0 Å². The first-order valence-corrected chi connectivity index (χ1v) is 13.3. The number of carbonyl (C=O) groups excluding carboxylic acids is 2. The van der Waals surface area contributed by atoms with Crippen LogP contribution < -0.4 is 20.9 Å². The maximum Gasteiger partial charge on any atom is 0.268 e. The predicted molar refractivity (Wildman–Crippen MR) is 137 cm³/mol. The van der Waals surface area contributed by atoms with Crippen molar-refractivity contribution in [2.24, 2.45) is 0 Å². The fourth-order valence-electron chi connectivity index (χ4n) is 3.67. The third-order valence-electron chi connectivity index (χ3n) is 5.73. The Balaban J connectivity index is 1.75. The van der Waals surface area contributed by atoms with Gasteiger partial charge in [0, 0.05) is 30.2 Å². The molecule has 3 rings (SSSR count). The summed E-state index contributed by atoms with van der Waals surface area (Å²) in [5.41, 5.74) is -0.896. The SMILES string of the molecule is CC(C)(C)NS(=O)(=O)C1(CNC(=O)c2ccc(C(=O)NCc3ccc(Cl)cc3)c(=O)n2CCO)CC1. The van der Waals surface area contributed by atoms with Gasteiger partial charge in [0.05, 0.1) is 6.61 Å². The summed E-state index contributed by atoms with van der Waals surface area (Å²) in [5, 5.41) is 15.3. The lowest BCUT2D eigenvalue weighted by atomic mass is 10.1. The molecule has 2 aromatic rings. The highest BCUT2D eigenvalue weighted by Crippen LogP contribution is 2.43. The third-order valence-corrected chi connectivity index (χ3v) is 8.56. The molecule has 1 aromatic heterocycles. The summed E-state index contributed by atoms with van der Waals surface area (Å²) in [6.45, 7) is 4.59. The molecule has 0 aliphatic heterocycles. The molecule has 10 nitrogen and oxygen atoms in total. The smallest absolute Gasteiger partial charge is 0.268 e. The number of aliphatic hydroxyl groups excluding tert-OH is 1. The van der Waals surface area contributed by atoms with Gasteiger partial charge < -0.3 is 20.3 Å². The molecule has 0 unspecified atom stereocenters. The second-order valence-electron chi connectivity index (χ2n) is 9.84. The summed E-state index contributed by atoms with van der Waals surface area (Å²) >= 11 is 5.86. The molecule has 1 fully saturated rings. The van der Waals surface area contributed by atoms with Crippen molar-refractivity contribution in [1.29, 1.82) is 0 Å². The minimum Gasteiger partial charge on any atom is -0.395 e. The van der Waals surface area contributed by atoms with E-state index in [1.165, 1.54) is 12.1 Å². The largest absolute Gasteiger partial charge is 0.395 e. The zero-order chi connectivity index (χ0) is 26.7. The summed E-state index contributed by atoms with van der Waals surface area (Å²) in [6, 6.07) is 9.40. The Bertz CT molecular complexity index is 1300. The maximum absolute atomic E-state index is 13.0. The first-order valence-electron chi connectivity index (χ1n) is 11.5. The Morgan fingerprint density at radius 1 is 1.06 bits per heavy atom. The van der Waals surface area contributed by atoms with Crippen LogP contribution >= 0.6 is 11.6 Å². The normalized spacial score (nSPS) is 14.8. The van der Waals surface area contributed by atoms with E-state index in [1.807, 2.05) is 0 Å². The molecule has 1 aromatic carbocycles. The maximum atomic E-state index is 13.0. The molecule has 0 bridgehead atoms. The third kappa shape index (κ3) is 6.52. The first-order chi connectivity index (χ1) is 16.8. The number of hydrogen-bond donors (Lipinski definition) is 4. The van der Waals surface area contributed by atoms with Crippen LogP contribution in [-0.2, 0) is 23.1 Å². The highest BCUT2D eigenvalue weighted by Gasteiger charge is 2.55. The van der Waals surface area contributed by atoms with E-state index in [0.717, 1.165) is 10.1 Å². The van der Waals surface area contributed by atoms with Gasteiger partial charge in [0.15, 0.2) is 0 Å². The van der Waals surface area contributed by atoms with Crippen molar-refractivity contribution in [2.45, 2.75) is 57.0 Å². The van der Waals surface area contributed by atoms with Crippen LogP contribution in [0.3, 0.4) is 0 Å². The summed E-state index contributed by atoms with van der Waals surface area (Å²) < 4.78 is 28.1. The van der Waals surface area contributed by atoms with Gasteiger partial charge in [-0.3, -0.25) is 14.4 Å². The zero-order valence-corrected chi connectivity index (χ0v) is 22.0. The summed E-state index contributed by atoms with van der Waals surface area (Å²) in [6.07, 6.45) is 0.795. The molecular weight excluding hydrogens is 508 g/mol. The number of halogens is 1. The Hall–Kier alpha value is -2.73. The fourth-order valence-corrected chi connectivity index (χ4v) is 5.72. The highest BCUT2D eigenvalue weighted by atomic mass is 35.5. The Labute approximate surface area is 215 Å². The van der Waals surface area contributed by atoms with Crippen molar-refractivity contribution in [1.82, 2.24) is 19.9 Å². The Morgan fingerprint density at radius 2 is 1.69 bits per heavy atom. The average Bonchev–Trinajstić information content (AvgIpc) is 3.59. The number of pyridine rings is 1. The van der Waals surface area contributed by atoms with Gasteiger partial charge in [0.2, 0.25) is 10.0 Å². The van der Waals surface area contributed by atoms with Crippen molar-refractivity contribution >= 4 is 33.4 Å². The minimum absolute atomic E-state index is 0.0831. The lowest BCUT2D eigenvalue weighted by molar-refractivity contribution is 0.0928. The van der Waals surface area contributed by atoms with E-state index in [-0.39, 0.29) is 30.9 Å². The van der Waals surface area contributed by atoms with Crippen LogP contribution in [0.4, 0.5) is 0 Å². The number of carbonyl (C=O) groups is 2. The molecule has 1 saturated carbocycles. The fraction of sp³-hybridized carbons (Fsp3) is 0.458. The van der Waals surface area contributed by atoms with Gasteiger partial charge >= 0.3 is 0 Å². The van der Waals surface area contributed by atoms with Gasteiger partial charge in [-0.25, -0.2) is 13.1 Å². The van der Waals surface area contributed by atoms with Crippen molar-refractivity contribution in [3.8, 4) is 0 Å². The van der Waals surface area contributed by atoms with E-state index in [0.29, 0.717) is 17.9 Å². The van der Waals surface area contributed by atoms with Gasteiger partial charge in [-0.2, -0.15) is 0 Å². The van der Waals surface area contributed by atoms with Crippen molar-refractivity contribution < 1.29 is 23.1 Å². The monoisotopic (exact) mass is 538 g/mol. The number of hydrogen-bond acceptors (Lipinski definition) is 6. The molecule has 1 aliphatic rings. The summed E-state index contributed by atoms with van der Waals surface area (Å²) in [4.78, 5) is 38.6. The molecule has 1 aliphatic carbocycles. The van der Waals surface area contributed by atoms with Crippen LogP contribution in [0.5, 0.6) is 0 Å². The summed E-state index contributed by atoms with van der Waals surface area (Å²) in [5.74, 6) is -1.31. The molecule has 36 heavy (non-hydrogen) atoms. The number of sulfonamides is 1. The molecular formula is C24H31ClN4O6S. The van der Waals surface area contributed by atoms with Crippen LogP contribution in [0.2, 0.25) is 5.02 Å². The van der Waals surface area contributed by atoms with Gasteiger partial charge in [-0.15, -0.1) is 0 Å². The first kappa shape index (κ1) is 27.9. The molecule has 0 saturated heterocycles. The second-order valence-corrected chi connectivity index (χ2v) is 12.4. The second kappa shape index (κ2) is 10.7. The van der Waals surface area contributed by atoms with Crippen molar-refractivity contribution in [3.05, 3.63) is 68.6 Å².